The van der Waals surface area contributed by atoms with Gasteiger partial charge in [0, 0.05) is 51.9 Å². The number of aliphatic imine (C=N–C) groups is 1. The topological polar surface area (TPSA) is 64.1 Å². The molecule has 1 heterocycles. The van der Waals surface area contributed by atoms with Gasteiger partial charge in [-0.25, -0.2) is 0 Å². The van der Waals surface area contributed by atoms with E-state index in [2.05, 4.69) is 40.7 Å². The van der Waals surface area contributed by atoms with Gasteiger partial charge in [0.25, 0.3) is 0 Å². The molecule has 0 spiro atoms. The van der Waals surface area contributed by atoms with Gasteiger partial charge in [0.15, 0.2) is 5.96 Å². The van der Waals surface area contributed by atoms with Crippen molar-refractivity contribution >= 4 is 5.96 Å². The minimum Gasteiger partial charge on any atom is -0.493 e. The number of nitrogens with zero attached hydrogens (tertiary/aromatic N) is 1. The molecule has 1 aromatic carbocycles. The Morgan fingerprint density at radius 3 is 2.86 bits per heavy atom. The SMILES string of the molecule is CN=C(NCc1ccc(C)cc1OCC1CCOC1)NCC1(CCOC)CC1. The summed E-state index contributed by atoms with van der Waals surface area (Å²) in [7, 11) is 3.58. The van der Waals surface area contributed by atoms with E-state index < -0.39 is 0 Å². The van der Waals surface area contributed by atoms with Crippen molar-refractivity contribution in [1.29, 1.82) is 0 Å². The van der Waals surface area contributed by atoms with E-state index in [0.29, 0.717) is 24.5 Å². The van der Waals surface area contributed by atoms with Crippen LogP contribution in [0.4, 0.5) is 0 Å². The molecule has 2 fully saturated rings. The molecule has 0 aromatic heterocycles. The second kappa shape index (κ2) is 10.1. The maximum Gasteiger partial charge on any atom is 0.191 e. The molecule has 2 N–H and O–H groups in total. The van der Waals surface area contributed by atoms with Gasteiger partial charge >= 0.3 is 0 Å². The Bertz CT molecular complexity index is 652. The third-order valence-electron chi connectivity index (χ3n) is 5.82. The summed E-state index contributed by atoms with van der Waals surface area (Å²) in [5, 5.41) is 6.92. The zero-order valence-corrected chi connectivity index (χ0v) is 17.6. The lowest BCUT2D eigenvalue weighted by molar-refractivity contribution is 0.166. The highest BCUT2D eigenvalue weighted by Gasteiger charge is 2.41. The molecule has 2 aliphatic rings. The summed E-state index contributed by atoms with van der Waals surface area (Å²) >= 11 is 0. The summed E-state index contributed by atoms with van der Waals surface area (Å²) < 4.78 is 16.8. The van der Waals surface area contributed by atoms with Gasteiger partial charge in [0.1, 0.15) is 5.75 Å². The highest BCUT2D eigenvalue weighted by atomic mass is 16.5. The molecule has 6 heteroatoms. The fourth-order valence-corrected chi connectivity index (χ4v) is 3.55. The van der Waals surface area contributed by atoms with E-state index in [1.165, 1.54) is 18.4 Å². The monoisotopic (exact) mass is 389 g/mol. The Balaban J connectivity index is 1.50. The number of hydrogen-bond donors (Lipinski definition) is 2. The predicted molar refractivity (Wildman–Crippen MR) is 112 cm³/mol. The maximum absolute atomic E-state index is 6.14. The number of rotatable bonds is 10. The fraction of sp³-hybridized carbons (Fsp3) is 0.682. The Kier molecular flexibility index (Phi) is 7.57. The summed E-state index contributed by atoms with van der Waals surface area (Å²) in [6.45, 7) is 6.91. The zero-order valence-electron chi connectivity index (χ0n) is 17.6. The van der Waals surface area contributed by atoms with Crippen LogP contribution in [-0.4, -0.2) is 53.1 Å². The van der Waals surface area contributed by atoms with E-state index in [0.717, 1.165) is 56.5 Å². The number of benzene rings is 1. The first-order valence-corrected chi connectivity index (χ1v) is 10.4. The van der Waals surface area contributed by atoms with E-state index in [4.69, 9.17) is 14.2 Å². The summed E-state index contributed by atoms with van der Waals surface area (Å²) in [6.07, 6.45) is 4.72. The number of aryl methyl sites for hydroxylation is 1. The zero-order chi connectivity index (χ0) is 19.8. The van der Waals surface area contributed by atoms with Gasteiger partial charge in [-0.3, -0.25) is 4.99 Å². The minimum atomic E-state index is 0.384. The summed E-state index contributed by atoms with van der Waals surface area (Å²) in [4.78, 5) is 4.38. The molecule has 3 rings (SSSR count). The van der Waals surface area contributed by atoms with E-state index in [1.807, 2.05) is 7.05 Å². The van der Waals surface area contributed by atoms with Gasteiger partial charge in [-0.15, -0.1) is 0 Å². The van der Waals surface area contributed by atoms with E-state index in [1.54, 1.807) is 7.11 Å². The van der Waals surface area contributed by atoms with E-state index in [9.17, 15) is 0 Å². The maximum atomic E-state index is 6.14. The molecule has 0 bridgehead atoms. The smallest absolute Gasteiger partial charge is 0.191 e. The van der Waals surface area contributed by atoms with Crippen molar-refractivity contribution in [2.75, 3.05) is 47.1 Å². The van der Waals surface area contributed by atoms with Crippen molar-refractivity contribution in [3.05, 3.63) is 29.3 Å². The van der Waals surface area contributed by atoms with Crippen LogP contribution in [0.25, 0.3) is 0 Å². The largest absolute Gasteiger partial charge is 0.493 e. The van der Waals surface area contributed by atoms with Crippen molar-refractivity contribution in [2.24, 2.45) is 16.3 Å². The molecular formula is C22H35N3O3. The highest BCUT2D eigenvalue weighted by Crippen LogP contribution is 2.48. The van der Waals surface area contributed by atoms with Crippen LogP contribution >= 0.6 is 0 Å². The van der Waals surface area contributed by atoms with E-state index in [-0.39, 0.29) is 0 Å². The Hall–Kier alpha value is -1.79. The van der Waals surface area contributed by atoms with Crippen LogP contribution in [0, 0.1) is 18.3 Å². The lowest BCUT2D eigenvalue weighted by atomic mass is 10.0. The van der Waals surface area contributed by atoms with Crippen LogP contribution in [0.15, 0.2) is 23.2 Å². The number of nitrogens with one attached hydrogen (secondary N) is 2. The standard InChI is InChI=1S/C22H35N3O3/c1-17-4-5-19(20(12-17)28-15-18-6-10-27-14-18)13-24-21(23-2)25-16-22(7-8-22)9-11-26-3/h4-5,12,18H,6-11,13-16H2,1-3H3,(H2,23,24,25). The number of methoxy groups -OCH3 is 1. The fourth-order valence-electron chi connectivity index (χ4n) is 3.55. The van der Waals surface area contributed by atoms with Gasteiger partial charge in [0.05, 0.1) is 13.2 Å². The normalized spacial score (nSPS) is 20.8. The summed E-state index contributed by atoms with van der Waals surface area (Å²) in [5.74, 6) is 2.28. The van der Waals surface area contributed by atoms with Crippen LogP contribution in [0.2, 0.25) is 0 Å². The van der Waals surface area contributed by atoms with Crippen LogP contribution in [0.1, 0.15) is 36.8 Å². The molecular weight excluding hydrogens is 354 g/mol. The first-order valence-electron chi connectivity index (χ1n) is 10.4. The Morgan fingerprint density at radius 2 is 2.18 bits per heavy atom. The third kappa shape index (κ3) is 6.11. The second-order valence-electron chi connectivity index (χ2n) is 8.17. The third-order valence-corrected chi connectivity index (χ3v) is 5.82. The van der Waals surface area contributed by atoms with Gasteiger partial charge in [-0.05, 0) is 49.7 Å². The molecule has 1 aliphatic carbocycles. The molecule has 1 aromatic rings. The molecule has 6 nitrogen and oxygen atoms in total. The molecule has 1 unspecified atom stereocenters. The minimum absolute atomic E-state index is 0.384. The molecule has 0 radical (unpaired) electrons. The Labute approximate surface area is 169 Å². The Morgan fingerprint density at radius 1 is 1.32 bits per heavy atom. The highest BCUT2D eigenvalue weighted by molar-refractivity contribution is 5.79. The molecule has 28 heavy (non-hydrogen) atoms. The lowest BCUT2D eigenvalue weighted by Crippen LogP contribution is -2.40. The van der Waals surface area contributed by atoms with Crippen molar-refractivity contribution in [2.45, 2.75) is 39.2 Å². The number of hydrogen-bond acceptors (Lipinski definition) is 4. The molecule has 1 saturated heterocycles. The molecule has 1 atom stereocenters. The van der Waals surface area contributed by atoms with E-state index >= 15 is 0 Å². The average Bonchev–Trinajstić information content (AvgIpc) is 3.28. The van der Waals surface area contributed by atoms with Gasteiger partial charge < -0.3 is 24.8 Å². The molecule has 1 saturated carbocycles. The van der Waals surface area contributed by atoms with Crippen molar-refractivity contribution in [3.8, 4) is 5.75 Å². The van der Waals surface area contributed by atoms with Gasteiger partial charge in [0.2, 0.25) is 0 Å². The van der Waals surface area contributed by atoms with Crippen molar-refractivity contribution < 1.29 is 14.2 Å². The molecule has 0 amide bonds. The predicted octanol–water partition coefficient (Wildman–Crippen LogP) is 2.89. The quantitative estimate of drug-likeness (QED) is 0.476. The first-order chi connectivity index (χ1) is 13.6. The van der Waals surface area contributed by atoms with Crippen LogP contribution in [0.5, 0.6) is 5.75 Å². The van der Waals surface area contributed by atoms with Crippen LogP contribution in [-0.2, 0) is 16.0 Å². The summed E-state index contributed by atoms with van der Waals surface area (Å²) in [6, 6.07) is 6.38. The molecule has 156 valence electrons. The van der Waals surface area contributed by atoms with Gasteiger partial charge in [-0.2, -0.15) is 0 Å². The number of guanidine groups is 1. The lowest BCUT2D eigenvalue weighted by Gasteiger charge is -2.19. The van der Waals surface area contributed by atoms with Crippen molar-refractivity contribution in [1.82, 2.24) is 10.6 Å². The van der Waals surface area contributed by atoms with Gasteiger partial charge in [-0.1, -0.05) is 12.1 Å². The second-order valence-corrected chi connectivity index (χ2v) is 8.17. The number of ether oxygens (including phenoxy) is 3. The van der Waals surface area contributed by atoms with Crippen LogP contribution in [0.3, 0.4) is 0 Å². The summed E-state index contributed by atoms with van der Waals surface area (Å²) in [5.41, 5.74) is 2.74. The molecule has 1 aliphatic heterocycles. The van der Waals surface area contributed by atoms with Crippen molar-refractivity contribution in [3.63, 3.8) is 0 Å². The van der Waals surface area contributed by atoms with Crippen LogP contribution < -0.4 is 15.4 Å². The first kappa shape index (κ1) is 20.9. The average molecular weight is 390 g/mol.